The number of furan rings is 2. The number of hydrogen-bond acceptors (Lipinski definition) is 5. The van der Waals surface area contributed by atoms with Crippen molar-refractivity contribution in [3.8, 4) is 51.0 Å². The van der Waals surface area contributed by atoms with Crippen molar-refractivity contribution >= 4 is 65.7 Å². The number of fused-ring (bicyclic) bond motifs is 9. The first-order valence-electron chi connectivity index (χ1n) is 19.0. The number of nitrogens with zero attached hydrogens (tertiary/aromatic N) is 4. The van der Waals surface area contributed by atoms with Crippen LogP contribution in [0.3, 0.4) is 0 Å². The Morgan fingerprint density at radius 3 is 1.49 bits per heavy atom. The molecule has 57 heavy (non-hydrogen) atoms. The second kappa shape index (κ2) is 12.3. The van der Waals surface area contributed by atoms with Crippen LogP contribution in [0.15, 0.2) is 191 Å². The molecule has 0 radical (unpaired) electrons. The van der Waals surface area contributed by atoms with Crippen molar-refractivity contribution in [2.24, 2.45) is 0 Å². The van der Waals surface area contributed by atoms with Gasteiger partial charge in [0.2, 0.25) is 0 Å². The van der Waals surface area contributed by atoms with Gasteiger partial charge in [0, 0.05) is 54.7 Å². The molecule has 0 saturated heterocycles. The highest BCUT2D eigenvalue weighted by Crippen LogP contribution is 2.40. The van der Waals surface area contributed by atoms with Gasteiger partial charge in [-0.15, -0.1) is 0 Å². The predicted octanol–water partition coefficient (Wildman–Crippen LogP) is 13.4. The van der Waals surface area contributed by atoms with Crippen LogP contribution in [0.1, 0.15) is 0 Å². The van der Waals surface area contributed by atoms with Gasteiger partial charge in [0.05, 0.1) is 11.0 Å². The summed E-state index contributed by atoms with van der Waals surface area (Å²) in [6, 6.07) is 62.8. The molecule has 12 rings (SSSR count). The molecule has 0 amide bonds. The van der Waals surface area contributed by atoms with E-state index in [0.717, 1.165) is 77.4 Å². The molecule has 8 aromatic carbocycles. The van der Waals surface area contributed by atoms with Gasteiger partial charge in [0.1, 0.15) is 22.3 Å². The third kappa shape index (κ3) is 5.08. The lowest BCUT2D eigenvalue weighted by Gasteiger charge is -2.08. The Morgan fingerprint density at radius 2 is 0.789 bits per heavy atom. The molecule has 0 saturated carbocycles. The first-order valence-corrected chi connectivity index (χ1v) is 19.0. The normalized spacial score (nSPS) is 11.9. The van der Waals surface area contributed by atoms with E-state index >= 15 is 0 Å². The minimum atomic E-state index is 0.583. The van der Waals surface area contributed by atoms with Crippen LogP contribution < -0.4 is 0 Å². The monoisotopic (exact) mass is 730 g/mol. The van der Waals surface area contributed by atoms with Gasteiger partial charge < -0.3 is 13.4 Å². The zero-order chi connectivity index (χ0) is 37.5. The van der Waals surface area contributed by atoms with Gasteiger partial charge in [-0.1, -0.05) is 115 Å². The van der Waals surface area contributed by atoms with E-state index in [-0.39, 0.29) is 0 Å². The second-order valence-corrected chi connectivity index (χ2v) is 14.4. The van der Waals surface area contributed by atoms with Crippen LogP contribution in [-0.4, -0.2) is 19.5 Å². The highest BCUT2D eigenvalue weighted by atomic mass is 16.3. The van der Waals surface area contributed by atoms with Crippen molar-refractivity contribution in [2.75, 3.05) is 0 Å². The largest absolute Gasteiger partial charge is 0.456 e. The summed E-state index contributed by atoms with van der Waals surface area (Å²) in [5, 5.41) is 6.50. The van der Waals surface area contributed by atoms with Crippen LogP contribution in [0.5, 0.6) is 0 Å². The molecule has 4 aromatic heterocycles. The van der Waals surface area contributed by atoms with Crippen molar-refractivity contribution in [3.63, 3.8) is 0 Å². The fourth-order valence-corrected chi connectivity index (χ4v) is 8.31. The molecule has 4 heterocycles. The summed E-state index contributed by atoms with van der Waals surface area (Å²) < 4.78 is 15.4. The van der Waals surface area contributed by atoms with Crippen molar-refractivity contribution in [3.05, 3.63) is 182 Å². The van der Waals surface area contributed by atoms with E-state index in [1.807, 2.05) is 66.7 Å². The summed E-state index contributed by atoms with van der Waals surface area (Å²) in [5.74, 6) is 1.82. The molecule has 0 spiro atoms. The molecule has 266 valence electrons. The predicted molar refractivity (Wildman–Crippen MR) is 230 cm³/mol. The number of rotatable bonds is 5. The van der Waals surface area contributed by atoms with Gasteiger partial charge >= 0.3 is 0 Å². The number of para-hydroxylation sites is 2. The minimum absolute atomic E-state index is 0.583. The molecule has 0 fully saturated rings. The molecule has 0 N–H and O–H groups in total. The Hall–Kier alpha value is -7.83. The SMILES string of the molecule is c1ccc(-c2nc(-c3ccccc3)nc(-c3ccc4c(c3)oc3cc5c(cc34)oc3ccc(-c4ccc6c(c4)c4ccccc4n6-c4ccccc4)cc35)n2)cc1. The fraction of sp³-hybridized carbons (Fsp3) is 0. The van der Waals surface area contributed by atoms with Gasteiger partial charge in [-0.2, -0.15) is 0 Å². The number of benzene rings is 8. The smallest absolute Gasteiger partial charge is 0.164 e. The Labute approximate surface area is 325 Å². The first kappa shape index (κ1) is 31.5. The third-order valence-corrected chi connectivity index (χ3v) is 11.0. The molecule has 0 atom stereocenters. The Kier molecular flexibility index (Phi) is 6.83. The zero-order valence-electron chi connectivity index (χ0n) is 30.4. The van der Waals surface area contributed by atoms with Crippen LogP contribution in [-0.2, 0) is 0 Å². The first-order chi connectivity index (χ1) is 28.2. The summed E-state index contributed by atoms with van der Waals surface area (Å²) in [6.45, 7) is 0. The molecule has 12 aromatic rings. The Morgan fingerprint density at radius 1 is 0.298 bits per heavy atom. The minimum Gasteiger partial charge on any atom is -0.456 e. The van der Waals surface area contributed by atoms with E-state index in [0.29, 0.717) is 17.5 Å². The topological polar surface area (TPSA) is 69.9 Å². The molecular weight excluding hydrogens is 701 g/mol. The molecule has 0 unspecified atom stereocenters. The standard InChI is InChI=1S/C51H30N4O2/c1-4-12-31(13-5-1)49-52-50(32-14-6-2-7-15-32)54-51(53-49)35-20-23-38-41-29-48-42(30-47(41)57-46(38)28-35)40-27-34(22-25-45(40)56-48)33-21-24-44-39(26-33)37-18-10-11-19-43(37)55(44)36-16-8-3-9-17-36/h1-30H. The van der Waals surface area contributed by atoms with E-state index in [9.17, 15) is 0 Å². The van der Waals surface area contributed by atoms with Crippen molar-refractivity contribution in [1.82, 2.24) is 19.5 Å². The summed E-state index contributed by atoms with van der Waals surface area (Å²) >= 11 is 0. The van der Waals surface area contributed by atoms with Crippen LogP contribution in [0.4, 0.5) is 0 Å². The van der Waals surface area contributed by atoms with Gasteiger partial charge in [0.25, 0.3) is 0 Å². The Balaban J connectivity index is 0.962. The van der Waals surface area contributed by atoms with Crippen molar-refractivity contribution < 1.29 is 8.83 Å². The van der Waals surface area contributed by atoms with Gasteiger partial charge in [-0.05, 0) is 77.9 Å². The maximum absolute atomic E-state index is 6.60. The highest BCUT2D eigenvalue weighted by Gasteiger charge is 2.18. The van der Waals surface area contributed by atoms with Crippen LogP contribution in [0.2, 0.25) is 0 Å². The van der Waals surface area contributed by atoms with E-state index in [2.05, 4.69) is 120 Å². The summed E-state index contributed by atoms with van der Waals surface area (Å²) in [5.41, 5.74) is 11.7. The molecule has 0 aliphatic heterocycles. The third-order valence-electron chi connectivity index (χ3n) is 11.0. The van der Waals surface area contributed by atoms with E-state index in [1.165, 1.54) is 21.8 Å². The molecule has 0 bridgehead atoms. The summed E-state index contributed by atoms with van der Waals surface area (Å²) in [4.78, 5) is 14.7. The lowest BCUT2D eigenvalue weighted by Crippen LogP contribution is -2.00. The molecular formula is C51H30N4O2. The molecule has 6 nitrogen and oxygen atoms in total. The van der Waals surface area contributed by atoms with E-state index in [4.69, 9.17) is 23.8 Å². The average Bonchev–Trinajstić information content (AvgIpc) is 3.94. The maximum Gasteiger partial charge on any atom is 0.164 e. The zero-order valence-corrected chi connectivity index (χ0v) is 30.4. The van der Waals surface area contributed by atoms with Crippen molar-refractivity contribution in [1.29, 1.82) is 0 Å². The van der Waals surface area contributed by atoms with Crippen LogP contribution in [0, 0.1) is 0 Å². The molecule has 6 heteroatoms. The van der Waals surface area contributed by atoms with Crippen molar-refractivity contribution in [2.45, 2.75) is 0 Å². The van der Waals surface area contributed by atoms with Gasteiger partial charge in [-0.3, -0.25) is 0 Å². The lowest BCUT2D eigenvalue weighted by atomic mass is 10.0. The quantitative estimate of drug-likeness (QED) is 0.176. The summed E-state index contributed by atoms with van der Waals surface area (Å²) in [6.07, 6.45) is 0. The number of hydrogen-bond donors (Lipinski definition) is 0. The average molecular weight is 731 g/mol. The maximum atomic E-state index is 6.60. The summed E-state index contributed by atoms with van der Waals surface area (Å²) in [7, 11) is 0. The molecule has 0 aliphatic rings. The fourth-order valence-electron chi connectivity index (χ4n) is 8.31. The van der Waals surface area contributed by atoms with E-state index in [1.54, 1.807) is 0 Å². The van der Waals surface area contributed by atoms with Crippen LogP contribution in [0.25, 0.3) is 117 Å². The van der Waals surface area contributed by atoms with Gasteiger partial charge in [-0.25, -0.2) is 15.0 Å². The highest BCUT2D eigenvalue weighted by molar-refractivity contribution is 6.16. The van der Waals surface area contributed by atoms with Crippen LogP contribution >= 0.6 is 0 Å². The van der Waals surface area contributed by atoms with Gasteiger partial charge in [0.15, 0.2) is 17.5 Å². The Bertz CT molecular complexity index is 3450. The molecule has 0 aliphatic carbocycles. The number of aromatic nitrogens is 4. The van der Waals surface area contributed by atoms with E-state index < -0.39 is 0 Å². The lowest BCUT2D eigenvalue weighted by molar-refractivity contribution is 0.664. The second-order valence-electron chi connectivity index (χ2n) is 14.4.